The fourth-order valence-electron chi connectivity index (χ4n) is 2.03. The normalized spacial score (nSPS) is 20.1. The van der Waals surface area contributed by atoms with E-state index < -0.39 is 5.54 Å². The highest BCUT2D eigenvalue weighted by Crippen LogP contribution is 2.27. The van der Waals surface area contributed by atoms with Crippen molar-refractivity contribution >= 4 is 5.91 Å². The van der Waals surface area contributed by atoms with Crippen molar-refractivity contribution in [1.29, 1.82) is 0 Å². The second kappa shape index (κ2) is 5.21. The molecule has 2 rings (SSSR count). The van der Waals surface area contributed by atoms with E-state index in [1.807, 2.05) is 45.0 Å². The smallest absolute Gasteiger partial charge is 0.227 e. The summed E-state index contributed by atoms with van der Waals surface area (Å²) in [5, 5.41) is 3.01. The van der Waals surface area contributed by atoms with Crippen molar-refractivity contribution < 1.29 is 9.53 Å². The van der Waals surface area contributed by atoms with Crippen LogP contribution in [-0.2, 0) is 11.2 Å². The lowest BCUT2D eigenvalue weighted by atomic mass is 9.92. The number of rotatable bonds is 3. The Labute approximate surface area is 114 Å². The summed E-state index contributed by atoms with van der Waals surface area (Å²) >= 11 is 0. The number of benzene rings is 1. The third kappa shape index (κ3) is 3.07. The van der Waals surface area contributed by atoms with E-state index in [4.69, 9.17) is 10.5 Å². The predicted molar refractivity (Wildman–Crippen MR) is 75.0 cm³/mol. The zero-order valence-electron chi connectivity index (χ0n) is 11.8. The van der Waals surface area contributed by atoms with E-state index in [1.54, 1.807) is 0 Å². The van der Waals surface area contributed by atoms with Gasteiger partial charge in [-0.05, 0) is 38.8 Å². The molecule has 1 aliphatic rings. The van der Waals surface area contributed by atoms with Crippen LogP contribution in [0.25, 0.3) is 0 Å². The van der Waals surface area contributed by atoms with Crippen LogP contribution >= 0.6 is 0 Å². The third-order valence-electron chi connectivity index (χ3n) is 3.83. The van der Waals surface area contributed by atoms with Crippen LogP contribution in [0.2, 0.25) is 0 Å². The van der Waals surface area contributed by atoms with Crippen LogP contribution in [0.1, 0.15) is 26.3 Å². The second-order valence-corrected chi connectivity index (χ2v) is 5.82. The lowest BCUT2D eigenvalue weighted by Crippen LogP contribution is -2.56. The minimum absolute atomic E-state index is 0.0109. The van der Waals surface area contributed by atoms with Gasteiger partial charge in [0, 0.05) is 11.6 Å². The Hall–Kier alpha value is -1.55. The van der Waals surface area contributed by atoms with Crippen LogP contribution in [0.15, 0.2) is 24.3 Å². The molecule has 2 atom stereocenters. The van der Waals surface area contributed by atoms with Crippen LogP contribution in [0.3, 0.4) is 0 Å². The van der Waals surface area contributed by atoms with Crippen molar-refractivity contribution in [1.82, 2.24) is 5.32 Å². The number of nitrogens with two attached hydrogens (primary N) is 1. The van der Waals surface area contributed by atoms with E-state index >= 15 is 0 Å². The number of hydrogen-bond donors (Lipinski definition) is 2. The summed E-state index contributed by atoms with van der Waals surface area (Å²) in [5.41, 5.74) is 6.56. The lowest BCUT2D eigenvalue weighted by molar-refractivity contribution is -0.128. The molecule has 104 valence electrons. The summed E-state index contributed by atoms with van der Waals surface area (Å²) in [6.45, 7) is 6.20. The number of nitrogens with one attached hydrogen (secondary N) is 1. The number of ether oxygens (including phenoxy) is 1. The summed E-state index contributed by atoms with van der Waals surface area (Å²) < 4.78 is 5.64. The van der Waals surface area contributed by atoms with Gasteiger partial charge >= 0.3 is 0 Å². The molecule has 1 aromatic rings. The van der Waals surface area contributed by atoms with E-state index in [1.165, 1.54) is 0 Å². The number of fused-ring (bicyclic) bond motifs is 1. The van der Waals surface area contributed by atoms with Crippen LogP contribution in [0.5, 0.6) is 5.75 Å². The minimum atomic E-state index is -0.409. The van der Waals surface area contributed by atoms with Gasteiger partial charge in [-0.25, -0.2) is 0 Å². The lowest BCUT2D eigenvalue weighted by Gasteiger charge is -2.33. The van der Waals surface area contributed by atoms with Crippen LogP contribution in [0.4, 0.5) is 0 Å². The van der Waals surface area contributed by atoms with Gasteiger partial charge in [0.1, 0.15) is 12.4 Å². The van der Waals surface area contributed by atoms with Crippen molar-refractivity contribution in [3.05, 3.63) is 29.8 Å². The van der Waals surface area contributed by atoms with Crippen LogP contribution in [0, 0.1) is 5.92 Å². The molecule has 4 heteroatoms. The fraction of sp³-hybridized carbons (Fsp3) is 0.533. The quantitative estimate of drug-likeness (QED) is 0.867. The molecule has 0 aromatic heterocycles. The number of carbonyl (C=O) groups is 1. The molecule has 0 fully saturated rings. The number of amides is 1. The highest BCUT2D eigenvalue weighted by Gasteiger charge is 2.31. The van der Waals surface area contributed by atoms with Crippen molar-refractivity contribution in [3.8, 4) is 5.75 Å². The Bertz CT molecular complexity index is 469. The SMILES string of the molecule is CC(N)C(C)(C)NC(=O)C1COc2ccccc2C1. The molecule has 19 heavy (non-hydrogen) atoms. The Balaban J connectivity index is 2.03. The van der Waals surface area contributed by atoms with Gasteiger partial charge in [0.05, 0.1) is 5.92 Å². The summed E-state index contributed by atoms with van der Waals surface area (Å²) in [7, 11) is 0. The largest absolute Gasteiger partial charge is 0.492 e. The molecule has 1 amide bonds. The maximum absolute atomic E-state index is 12.3. The highest BCUT2D eigenvalue weighted by molar-refractivity contribution is 5.80. The molecule has 1 aromatic carbocycles. The van der Waals surface area contributed by atoms with E-state index in [-0.39, 0.29) is 17.9 Å². The van der Waals surface area contributed by atoms with E-state index in [2.05, 4.69) is 5.32 Å². The maximum atomic E-state index is 12.3. The Morgan fingerprint density at radius 1 is 1.47 bits per heavy atom. The number of para-hydroxylation sites is 1. The topological polar surface area (TPSA) is 64.3 Å². The molecule has 1 aliphatic heterocycles. The van der Waals surface area contributed by atoms with Gasteiger partial charge < -0.3 is 15.8 Å². The molecular weight excluding hydrogens is 240 g/mol. The van der Waals surface area contributed by atoms with Gasteiger partial charge in [0.25, 0.3) is 0 Å². The maximum Gasteiger partial charge on any atom is 0.227 e. The molecule has 3 N–H and O–H groups in total. The van der Waals surface area contributed by atoms with Gasteiger partial charge in [0.15, 0.2) is 0 Å². The Kier molecular flexibility index (Phi) is 3.80. The number of hydrogen-bond acceptors (Lipinski definition) is 3. The minimum Gasteiger partial charge on any atom is -0.492 e. The highest BCUT2D eigenvalue weighted by atomic mass is 16.5. The predicted octanol–water partition coefficient (Wildman–Crippen LogP) is 1.48. The molecular formula is C15H22N2O2. The van der Waals surface area contributed by atoms with Gasteiger partial charge in [0.2, 0.25) is 5.91 Å². The van der Waals surface area contributed by atoms with Crippen molar-refractivity contribution in [2.45, 2.75) is 38.8 Å². The first kappa shape index (κ1) is 13.9. The molecule has 0 spiro atoms. The first-order valence-electron chi connectivity index (χ1n) is 6.68. The van der Waals surface area contributed by atoms with E-state index in [9.17, 15) is 4.79 Å². The first-order valence-corrected chi connectivity index (χ1v) is 6.68. The summed E-state index contributed by atoms with van der Waals surface area (Å²) in [6.07, 6.45) is 0.719. The second-order valence-electron chi connectivity index (χ2n) is 5.82. The van der Waals surface area contributed by atoms with Gasteiger partial charge in [-0.15, -0.1) is 0 Å². The molecule has 4 nitrogen and oxygen atoms in total. The zero-order valence-corrected chi connectivity index (χ0v) is 11.8. The molecule has 0 saturated heterocycles. The summed E-state index contributed by atoms with van der Waals surface area (Å²) in [4.78, 5) is 12.3. The summed E-state index contributed by atoms with van der Waals surface area (Å²) in [6, 6.07) is 7.75. The van der Waals surface area contributed by atoms with Gasteiger partial charge in [-0.1, -0.05) is 18.2 Å². The molecule has 2 unspecified atom stereocenters. The van der Waals surface area contributed by atoms with Crippen molar-refractivity contribution in [2.75, 3.05) is 6.61 Å². The van der Waals surface area contributed by atoms with Gasteiger partial charge in [-0.2, -0.15) is 0 Å². The average molecular weight is 262 g/mol. The fourth-order valence-corrected chi connectivity index (χ4v) is 2.03. The molecule has 0 aliphatic carbocycles. The van der Waals surface area contributed by atoms with Crippen LogP contribution in [-0.4, -0.2) is 24.1 Å². The zero-order chi connectivity index (χ0) is 14.0. The monoisotopic (exact) mass is 262 g/mol. The first-order chi connectivity index (χ1) is 8.90. The standard InChI is InChI=1S/C15H22N2O2/c1-10(16)15(2,3)17-14(18)12-8-11-6-4-5-7-13(11)19-9-12/h4-7,10,12H,8-9,16H2,1-3H3,(H,17,18). The molecule has 0 bridgehead atoms. The Morgan fingerprint density at radius 2 is 2.16 bits per heavy atom. The van der Waals surface area contributed by atoms with Gasteiger partial charge in [-0.3, -0.25) is 4.79 Å². The Morgan fingerprint density at radius 3 is 2.84 bits per heavy atom. The van der Waals surface area contributed by atoms with Crippen molar-refractivity contribution in [3.63, 3.8) is 0 Å². The molecule has 1 heterocycles. The van der Waals surface area contributed by atoms with Crippen molar-refractivity contribution in [2.24, 2.45) is 11.7 Å². The summed E-state index contributed by atoms with van der Waals surface area (Å²) in [5.74, 6) is 0.753. The van der Waals surface area contributed by atoms with E-state index in [0.29, 0.717) is 6.61 Å². The molecule has 0 saturated carbocycles. The molecule has 0 radical (unpaired) electrons. The van der Waals surface area contributed by atoms with E-state index in [0.717, 1.165) is 17.7 Å². The average Bonchev–Trinajstić information content (AvgIpc) is 2.37. The third-order valence-corrected chi connectivity index (χ3v) is 3.83. The van der Waals surface area contributed by atoms with Crippen LogP contribution < -0.4 is 15.8 Å². The number of carbonyl (C=O) groups excluding carboxylic acids is 1.